The number of carbonyl (C=O) groups is 1. The zero-order valence-corrected chi connectivity index (χ0v) is 15.3. The fraction of sp³-hybridized carbons (Fsp3) is 0.167. The highest BCUT2D eigenvalue weighted by atomic mass is 32.2. The molecular formula is C18H14F4N4OS. The highest BCUT2D eigenvalue weighted by Gasteiger charge is 2.33. The van der Waals surface area contributed by atoms with Crippen LogP contribution in [0.3, 0.4) is 0 Å². The predicted molar refractivity (Wildman–Crippen MR) is 97.2 cm³/mol. The van der Waals surface area contributed by atoms with E-state index >= 15 is 0 Å². The van der Waals surface area contributed by atoms with Gasteiger partial charge in [0.15, 0.2) is 11.0 Å². The molecule has 0 unspecified atom stereocenters. The SMILES string of the molecule is Cn1c(SCC(=O)Nc2ccccc2C(F)(F)F)nnc1-c1ccccc1F. The topological polar surface area (TPSA) is 59.8 Å². The predicted octanol–water partition coefficient (Wildman–Crippen LogP) is 4.37. The number of amides is 1. The first-order chi connectivity index (χ1) is 13.3. The maximum Gasteiger partial charge on any atom is 0.418 e. The summed E-state index contributed by atoms with van der Waals surface area (Å²) in [7, 11) is 1.61. The third kappa shape index (κ3) is 4.33. The third-order valence-corrected chi connectivity index (χ3v) is 4.81. The Bertz CT molecular complexity index is 1000. The van der Waals surface area contributed by atoms with Gasteiger partial charge in [-0.05, 0) is 24.3 Å². The Morgan fingerprint density at radius 1 is 1.11 bits per heavy atom. The van der Waals surface area contributed by atoms with Crippen molar-refractivity contribution in [1.82, 2.24) is 14.8 Å². The number of alkyl halides is 3. The third-order valence-electron chi connectivity index (χ3n) is 3.79. The molecule has 5 nitrogen and oxygen atoms in total. The van der Waals surface area contributed by atoms with E-state index in [0.29, 0.717) is 5.16 Å². The highest BCUT2D eigenvalue weighted by molar-refractivity contribution is 7.99. The number of carbonyl (C=O) groups excluding carboxylic acids is 1. The van der Waals surface area contributed by atoms with Crippen molar-refractivity contribution in [3.63, 3.8) is 0 Å². The molecule has 0 spiro atoms. The van der Waals surface area contributed by atoms with Gasteiger partial charge in [-0.15, -0.1) is 10.2 Å². The second-order valence-electron chi connectivity index (χ2n) is 5.73. The molecule has 3 rings (SSSR count). The molecule has 0 aliphatic heterocycles. The van der Waals surface area contributed by atoms with E-state index in [0.717, 1.165) is 17.8 Å². The minimum absolute atomic E-state index is 0.185. The average Bonchev–Trinajstić information content (AvgIpc) is 3.00. The Kier molecular flexibility index (Phi) is 5.68. The monoisotopic (exact) mass is 410 g/mol. The zero-order valence-electron chi connectivity index (χ0n) is 14.5. The van der Waals surface area contributed by atoms with Crippen LogP contribution in [0.5, 0.6) is 0 Å². The largest absolute Gasteiger partial charge is 0.418 e. The molecule has 0 atom stereocenters. The quantitative estimate of drug-likeness (QED) is 0.501. The molecular weight excluding hydrogens is 396 g/mol. The number of aromatic nitrogens is 3. The summed E-state index contributed by atoms with van der Waals surface area (Å²) in [6, 6.07) is 10.8. The molecule has 10 heteroatoms. The van der Waals surface area contributed by atoms with E-state index in [1.165, 1.54) is 28.8 Å². The van der Waals surface area contributed by atoms with Crippen molar-refractivity contribution in [3.8, 4) is 11.4 Å². The number of hydrogen-bond acceptors (Lipinski definition) is 4. The van der Waals surface area contributed by atoms with E-state index in [1.807, 2.05) is 0 Å². The summed E-state index contributed by atoms with van der Waals surface area (Å²) in [6.07, 6.45) is -4.57. The van der Waals surface area contributed by atoms with Gasteiger partial charge >= 0.3 is 6.18 Å². The van der Waals surface area contributed by atoms with Gasteiger partial charge in [0.1, 0.15) is 5.82 Å². The molecule has 1 N–H and O–H groups in total. The van der Waals surface area contributed by atoms with Crippen molar-refractivity contribution in [2.24, 2.45) is 7.05 Å². The van der Waals surface area contributed by atoms with Crippen molar-refractivity contribution in [2.45, 2.75) is 11.3 Å². The van der Waals surface area contributed by atoms with E-state index in [-0.39, 0.29) is 22.8 Å². The lowest BCUT2D eigenvalue weighted by molar-refractivity contribution is -0.137. The molecule has 0 radical (unpaired) electrons. The van der Waals surface area contributed by atoms with Gasteiger partial charge < -0.3 is 9.88 Å². The minimum Gasteiger partial charge on any atom is -0.325 e. The molecule has 28 heavy (non-hydrogen) atoms. The number of para-hydroxylation sites is 1. The standard InChI is InChI=1S/C18H14F4N4OS/c1-26-16(11-6-2-4-8-13(11)19)24-25-17(26)28-10-15(27)23-14-9-5-3-7-12(14)18(20,21)22/h2-9H,10H2,1H3,(H,23,27). The van der Waals surface area contributed by atoms with E-state index < -0.39 is 23.5 Å². The summed E-state index contributed by atoms with van der Waals surface area (Å²) in [4.78, 5) is 12.1. The lowest BCUT2D eigenvalue weighted by Crippen LogP contribution is -2.18. The van der Waals surface area contributed by atoms with Crippen molar-refractivity contribution >= 4 is 23.4 Å². The number of benzene rings is 2. The van der Waals surface area contributed by atoms with Crippen LogP contribution in [0.2, 0.25) is 0 Å². The normalized spacial score (nSPS) is 11.5. The van der Waals surface area contributed by atoms with Crippen molar-refractivity contribution in [1.29, 1.82) is 0 Å². The number of anilines is 1. The van der Waals surface area contributed by atoms with Crippen LogP contribution in [0, 0.1) is 5.82 Å². The maximum atomic E-state index is 13.9. The lowest BCUT2D eigenvalue weighted by atomic mass is 10.1. The molecule has 146 valence electrons. The van der Waals surface area contributed by atoms with Gasteiger partial charge in [-0.25, -0.2) is 4.39 Å². The van der Waals surface area contributed by atoms with Gasteiger partial charge in [0.2, 0.25) is 5.91 Å². The second kappa shape index (κ2) is 8.01. The second-order valence-corrected chi connectivity index (χ2v) is 6.67. The molecule has 0 bridgehead atoms. The first kappa shape index (κ1) is 19.9. The van der Waals surface area contributed by atoms with Gasteiger partial charge in [-0.3, -0.25) is 4.79 Å². The van der Waals surface area contributed by atoms with Crippen LogP contribution in [0.25, 0.3) is 11.4 Å². The van der Waals surface area contributed by atoms with Gasteiger partial charge in [0.05, 0.1) is 22.6 Å². The molecule has 1 aromatic heterocycles. The number of nitrogens with one attached hydrogen (secondary N) is 1. The van der Waals surface area contributed by atoms with Crippen LogP contribution in [0.4, 0.5) is 23.2 Å². The minimum atomic E-state index is -4.57. The molecule has 3 aromatic rings. The highest BCUT2D eigenvalue weighted by Crippen LogP contribution is 2.34. The van der Waals surface area contributed by atoms with Gasteiger partial charge in [-0.2, -0.15) is 13.2 Å². The number of halogens is 4. The Labute approximate surface area is 161 Å². The van der Waals surface area contributed by atoms with E-state index in [4.69, 9.17) is 0 Å². The van der Waals surface area contributed by atoms with Gasteiger partial charge in [0.25, 0.3) is 0 Å². The summed E-state index contributed by atoms with van der Waals surface area (Å²) in [5.41, 5.74) is -0.979. The Morgan fingerprint density at radius 3 is 2.50 bits per heavy atom. The van der Waals surface area contributed by atoms with E-state index in [9.17, 15) is 22.4 Å². The molecule has 0 saturated heterocycles. The Hall–Kier alpha value is -2.88. The van der Waals surface area contributed by atoms with Crippen molar-refractivity contribution in [3.05, 3.63) is 59.9 Å². The van der Waals surface area contributed by atoms with Gasteiger partial charge in [-0.1, -0.05) is 36.0 Å². The van der Waals surface area contributed by atoms with E-state index in [2.05, 4.69) is 15.5 Å². The first-order valence-corrected chi connectivity index (χ1v) is 8.99. The number of nitrogens with zero attached hydrogens (tertiary/aromatic N) is 3. The Morgan fingerprint density at radius 2 is 1.79 bits per heavy atom. The van der Waals surface area contributed by atoms with Crippen LogP contribution in [-0.4, -0.2) is 26.4 Å². The molecule has 0 aliphatic carbocycles. The summed E-state index contributed by atoms with van der Waals surface area (Å²) in [5, 5.41) is 10.4. The molecule has 0 aliphatic rings. The van der Waals surface area contributed by atoms with Crippen molar-refractivity contribution in [2.75, 3.05) is 11.1 Å². The smallest absolute Gasteiger partial charge is 0.325 e. The summed E-state index contributed by atoms with van der Waals surface area (Å²) in [5.74, 6) is -0.994. The summed E-state index contributed by atoms with van der Waals surface area (Å²) in [6.45, 7) is 0. The number of hydrogen-bond donors (Lipinski definition) is 1. The van der Waals surface area contributed by atoms with Crippen LogP contribution in [0.15, 0.2) is 53.7 Å². The lowest BCUT2D eigenvalue weighted by Gasteiger charge is -2.13. The van der Waals surface area contributed by atoms with Crippen LogP contribution in [-0.2, 0) is 18.0 Å². The Balaban J connectivity index is 1.69. The molecule has 1 heterocycles. The molecule has 0 fully saturated rings. The van der Waals surface area contributed by atoms with Crippen LogP contribution in [0.1, 0.15) is 5.56 Å². The van der Waals surface area contributed by atoms with Crippen molar-refractivity contribution < 1.29 is 22.4 Å². The fourth-order valence-corrected chi connectivity index (χ4v) is 3.18. The van der Waals surface area contributed by atoms with E-state index in [1.54, 1.807) is 25.2 Å². The molecule has 1 amide bonds. The zero-order chi connectivity index (χ0) is 20.3. The maximum absolute atomic E-state index is 13.9. The van der Waals surface area contributed by atoms with Crippen LogP contribution >= 0.6 is 11.8 Å². The fourth-order valence-electron chi connectivity index (χ4n) is 2.47. The summed E-state index contributed by atoms with van der Waals surface area (Å²) >= 11 is 0.983. The molecule has 2 aromatic carbocycles. The average molecular weight is 410 g/mol. The number of rotatable bonds is 5. The number of thioether (sulfide) groups is 1. The molecule has 0 saturated carbocycles. The van der Waals surface area contributed by atoms with Crippen LogP contribution < -0.4 is 5.32 Å². The first-order valence-electron chi connectivity index (χ1n) is 8.00. The summed E-state index contributed by atoms with van der Waals surface area (Å²) < 4.78 is 54.4. The van der Waals surface area contributed by atoms with Gasteiger partial charge in [0, 0.05) is 7.05 Å².